The number of nitrogens with one attached hydrogen (secondary N) is 1. The van der Waals surface area contributed by atoms with Crippen molar-refractivity contribution in [2.24, 2.45) is 0 Å². The number of rotatable bonds is 2. The number of carbonyl (C=O) groups excluding carboxylic acids is 1. The SMILES string of the molecule is C.C.C.CC[CH-]OC([NH-])=O.[Y].[Y].[Y].[Y].[Y].[Y].[Y].[Y].[Y].[Y].[Y].[Y].[Y].[Y].[Y]. The number of ether oxygens (including phenoxy) is 1. The van der Waals surface area contributed by atoms with Gasteiger partial charge < -0.3 is 10.5 Å². The quantitative estimate of drug-likeness (QED) is 0.398. The Labute approximate surface area is 535 Å². The Bertz CT molecular complexity index is 88.9. The molecule has 3 nitrogen and oxygen atoms in total. The molecule has 1 amide bonds. The van der Waals surface area contributed by atoms with E-state index in [1.54, 1.807) is 0 Å². The van der Waals surface area contributed by atoms with Crippen molar-refractivity contribution >= 4 is 6.09 Å². The fraction of sp³-hybridized carbons (Fsp3) is 0.714. The smallest absolute Gasteiger partial charge is 0.194 e. The average molecular weight is 1480 g/mol. The number of amides is 1. The van der Waals surface area contributed by atoms with Crippen LogP contribution in [-0.4, -0.2) is 6.09 Å². The summed E-state index contributed by atoms with van der Waals surface area (Å²) in [6.45, 7) is 3.11. The maximum Gasteiger partial charge on any atom is 0.194 e. The van der Waals surface area contributed by atoms with Crippen molar-refractivity contribution in [1.82, 2.24) is 0 Å². The van der Waals surface area contributed by atoms with E-state index in [-0.39, 0.29) is 513 Å². The van der Waals surface area contributed by atoms with Crippen LogP contribution in [0, 0.1) is 6.61 Å². The Balaban J connectivity index is -0.00000000118. The van der Waals surface area contributed by atoms with Crippen LogP contribution in [0.3, 0.4) is 0 Å². The van der Waals surface area contributed by atoms with Gasteiger partial charge in [-0.3, -0.25) is 4.79 Å². The van der Waals surface area contributed by atoms with Crippen molar-refractivity contribution in [2.45, 2.75) is 35.6 Å². The Morgan fingerprint density at radius 3 is 0.840 bits per heavy atom. The van der Waals surface area contributed by atoms with Crippen LogP contribution in [0.1, 0.15) is 35.6 Å². The molecule has 0 spiro atoms. The van der Waals surface area contributed by atoms with Crippen molar-refractivity contribution in [2.75, 3.05) is 0 Å². The number of carbonyl (C=O) groups is 1. The van der Waals surface area contributed by atoms with Crippen LogP contribution in [0.15, 0.2) is 0 Å². The molecule has 25 heavy (non-hydrogen) atoms. The summed E-state index contributed by atoms with van der Waals surface area (Å²) in [4.78, 5) is 9.62. The summed E-state index contributed by atoms with van der Waals surface area (Å²) in [7, 11) is 0. The molecule has 1 N–H and O–H groups in total. The fourth-order valence-corrected chi connectivity index (χ4v) is 0.159. The van der Waals surface area contributed by atoms with Crippen LogP contribution in [0.25, 0.3) is 5.73 Å². The summed E-state index contributed by atoms with van der Waals surface area (Å²) in [5.74, 6) is 0. The summed E-state index contributed by atoms with van der Waals surface area (Å²) in [6.07, 6.45) is -0.341. The third kappa shape index (κ3) is 145. The minimum absolute atomic E-state index is 0. The van der Waals surface area contributed by atoms with Gasteiger partial charge in [0, 0.05) is 491 Å². The molecule has 0 atom stereocenters. The number of hydrogen-bond acceptors (Lipinski definition) is 2. The molecule has 0 aliphatic rings. The second-order valence-electron chi connectivity index (χ2n) is 0.980. The van der Waals surface area contributed by atoms with Crippen LogP contribution in [0.2, 0.25) is 0 Å². The zero-order valence-corrected chi connectivity index (χ0v) is 55.3. The molecule has 0 bridgehead atoms. The van der Waals surface area contributed by atoms with Crippen molar-refractivity contribution in [3.63, 3.8) is 0 Å². The molecule has 0 aliphatic carbocycles. The molecule has 0 saturated carbocycles. The van der Waals surface area contributed by atoms with Gasteiger partial charge in [0.1, 0.15) is 0 Å². The average Bonchev–Trinajstić information content (AvgIpc) is 1.61. The first kappa shape index (κ1) is 136. The third-order valence-electron chi connectivity index (χ3n) is 0.357. The molecular formula is C7H19NO2Y15-2. The van der Waals surface area contributed by atoms with Crippen LogP contribution in [0.4, 0.5) is 4.79 Å². The maximum atomic E-state index is 9.62. The Morgan fingerprint density at radius 1 is 0.640 bits per heavy atom. The van der Waals surface area contributed by atoms with Gasteiger partial charge in [0.2, 0.25) is 0 Å². The summed E-state index contributed by atoms with van der Waals surface area (Å²) in [5.41, 5.74) is 6.19. The minimum atomic E-state index is -0.998. The molecule has 0 unspecified atom stereocenters. The predicted molar refractivity (Wildman–Crippen MR) is 45.6 cm³/mol. The van der Waals surface area contributed by atoms with Gasteiger partial charge >= 0.3 is 0 Å². The van der Waals surface area contributed by atoms with E-state index in [0.29, 0.717) is 6.42 Å². The van der Waals surface area contributed by atoms with Crippen molar-refractivity contribution in [1.29, 1.82) is 0 Å². The van der Waals surface area contributed by atoms with Gasteiger partial charge in [0.15, 0.2) is 6.09 Å². The van der Waals surface area contributed by atoms with E-state index in [9.17, 15) is 4.79 Å². The van der Waals surface area contributed by atoms with Gasteiger partial charge in [-0.2, -0.15) is 6.61 Å². The normalized spacial score (nSPS) is 2.28. The topological polar surface area (TPSA) is 50.1 Å². The van der Waals surface area contributed by atoms with E-state index in [4.69, 9.17) is 5.73 Å². The molecule has 0 heterocycles. The summed E-state index contributed by atoms with van der Waals surface area (Å²) in [5, 5.41) is 0. The van der Waals surface area contributed by atoms with Crippen molar-refractivity contribution in [3.8, 4) is 0 Å². The van der Waals surface area contributed by atoms with Gasteiger partial charge in [0.05, 0.1) is 0 Å². The van der Waals surface area contributed by atoms with E-state index >= 15 is 0 Å². The fourth-order valence-electron chi connectivity index (χ4n) is 0.159. The molecule has 0 saturated heterocycles. The van der Waals surface area contributed by atoms with E-state index in [2.05, 4.69) is 4.74 Å². The summed E-state index contributed by atoms with van der Waals surface area (Å²) < 4.78 is 4.09. The van der Waals surface area contributed by atoms with Crippen LogP contribution < -0.4 is 0 Å². The largest absolute Gasteiger partial charge is 0.650 e. The molecule has 111 valence electrons. The molecular weight excluding hydrogens is 1460 g/mol. The van der Waals surface area contributed by atoms with E-state index in [1.807, 2.05) is 6.92 Å². The first-order valence-electron chi connectivity index (χ1n) is 2.01. The van der Waals surface area contributed by atoms with Gasteiger partial charge in [-0.1, -0.05) is 29.2 Å². The minimum Gasteiger partial charge on any atom is -0.650 e. The van der Waals surface area contributed by atoms with Crippen LogP contribution in [-0.2, 0) is 495 Å². The van der Waals surface area contributed by atoms with Gasteiger partial charge in [-0.25, -0.2) is 0 Å². The van der Waals surface area contributed by atoms with Gasteiger partial charge in [-0.15, -0.1) is 6.42 Å². The predicted octanol–water partition coefficient (Wildman–Crippen LogP) is 3.62. The first-order chi connectivity index (χ1) is 3.27. The second-order valence-corrected chi connectivity index (χ2v) is 0.980. The molecule has 0 aliphatic heterocycles. The molecule has 18 heteroatoms. The summed E-state index contributed by atoms with van der Waals surface area (Å²) in [6, 6.07) is 0. The van der Waals surface area contributed by atoms with Crippen molar-refractivity contribution < 1.29 is 500 Å². The second kappa shape index (κ2) is 126. The van der Waals surface area contributed by atoms with Crippen LogP contribution >= 0.6 is 0 Å². The standard InChI is InChI=1S/C4H8NO2.3CH4.15Y/c1-2-3-7-4(5)6;;;;;;;;;;;;;;;;;;/h3H,2H2,1H3,(H2,5,6);3*1H4;;;;;;;;;;;;;;;/q-1;;;;;;;;;;;;;;;;;;/p-1. The zero-order valence-electron chi connectivity index (χ0n) is 12.8. The maximum absolute atomic E-state index is 9.62. The molecule has 15 radical (unpaired) electrons. The molecule has 0 aromatic rings. The summed E-state index contributed by atoms with van der Waals surface area (Å²) >= 11 is 0. The van der Waals surface area contributed by atoms with E-state index < -0.39 is 6.09 Å². The van der Waals surface area contributed by atoms with Crippen molar-refractivity contribution in [3.05, 3.63) is 12.3 Å². The Kier molecular flexibility index (Phi) is 685. The molecule has 0 rings (SSSR count). The first-order valence-corrected chi connectivity index (χ1v) is 2.01. The third-order valence-corrected chi connectivity index (χ3v) is 0.357. The Morgan fingerprint density at radius 2 is 0.800 bits per heavy atom. The number of hydrogen-bond donors (Lipinski definition) is 0. The van der Waals surface area contributed by atoms with E-state index in [0.717, 1.165) is 0 Å². The zero-order chi connectivity index (χ0) is 5.70. The Hall–Kier alpha value is 15.8. The van der Waals surface area contributed by atoms with E-state index in [1.165, 1.54) is 6.61 Å². The molecule has 0 fully saturated rings. The van der Waals surface area contributed by atoms with Gasteiger partial charge in [0.25, 0.3) is 0 Å². The van der Waals surface area contributed by atoms with Gasteiger partial charge in [-0.05, 0) is 0 Å². The van der Waals surface area contributed by atoms with Crippen LogP contribution in [0.5, 0.6) is 0 Å². The molecule has 0 aromatic heterocycles. The monoisotopic (exact) mass is 1480 g/mol. The molecule has 0 aromatic carbocycles.